The second kappa shape index (κ2) is 10.5. The molecule has 0 N–H and O–H groups in total. The van der Waals surface area contributed by atoms with Gasteiger partial charge in [0.15, 0.2) is 11.5 Å². The van der Waals surface area contributed by atoms with Crippen molar-refractivity contribution in [2.75, 3.05) is 78.1 Å². The summed E-state index contributed by atoms with van der Waals surface area (Å²) in [7, 11) is 3.31. The molecule has 2 fully saturated rings. The second-order valence-corrected chi connectivity index (χ2v) is 9.02. The van der Waals surface area contributed by atoms with Gasteiger partial charge in [-0.15, -0.1) is 0 Å². The molecule has 0 aromatic heterocycles. The number of carbonyl (C=O) groups is 2. The van der Waals surface area contributed by atoms with Crippen molar-refractivity contribution in [3.05, 3.63) is 42.0 Å². The predicted octanol–water partition coefficient (Wildman–Crippen LogP) is 2.06. The Labute approximate surface area is 210 Å². The van der Waals surface area contributed by atoms with Crippen LogP contribution in [0.25, 0.3) is 0 Å². The zero-order valence-electron chi connectivity index (χ0n) is 20.8. The Balaban J connectivity index is 1.13. The Morgan fingerprint density at radius 3 is 2.42 bits per heavy atom. The molecule has 0 bridgehead atoms. The minimum Gasteiger partial charge on any atom is -0.497 e. The number of methoxy groups -OCH3 is 2. The number of carbonyl (C=O) groups excluding carboxylic acids is 2. The van der Waals surface area contributed by atoms with E-state index in [1.54, 1.807) is 24.0 Å². The minimum absolute atomic E-state index is 0.0222. The normalized spacial score (nSPS) is 17.9. The summed E-state index contributed by atoms with van der Waals surface area (Å²) in [4.78, 5) is 33.5. The van der Waals surface area contributed by atoms with Gasteiger partial charge in [0, 0.05) is 63.1 Å². The third-order valence-corrected chi connectivity index (χ3v) is 6.87. The number of urea groups is 1. The molecule has 0 saturated carbocycles. The summed E-state index contributed by atoms with van der Waals surface area (Å²) < 4.78 is 22.1. The quantitative estimate of drug-likeness (QED) is 0.580. The molecule has 3 amide bonds. The Bertz CT molecular complexity index is 1120. The number of amides is 3. The van der Waals surface area contributed by atoms with Crippen molar-refractivity contribution < 1.29 is 28.5 Å². The van der Waals surface area contributed by atoms with Crippen LogP contribution < -0.4 is 23.8 Å². The van der Waals surface area contributed by atoms with Crippen molar-refractivity contribution in [1.82, 2.24) is 14.7 Å². The Morgan fingerprint density at radius 1 is 0.889 bits per heavy atom. The molecule has 0 spiro atoms. The largest absolute Gasteiger partial charge is 0.497 e. The summed E-state index contributed by atoms with van der Waals surface area (Å²) >= 11 is 0. The zero-order chi connectivity index (χ0) is 25.1. The molecule has 0 unspecified atom stereocenters. The molecule has 0 atom stereocenters. The van der Waals surface area contributed by atoms with Gasteiger partial charge in [-0.2, -0.15) is 0 Å². The molecule has 3 aliphatic rings. The highest BCUT2D eigenvalue weighted by molar-refractivity contribution is 5.96. The van der Waals surface area contributed by atoms with E-state index in [1.165, 1.54) is 0 Å². The number of benzene rings is 2. The lowest BCUT2D eigenvalue weighted by molar-refractivity contribution is -0.133. The summed E-state index contributed by atoms with van der Waals surface area (Å²) in [6, 6.07) is 11.1. The van der Waals surface area contributed by atoms with Gasteiger partial charge in [-0.1, -0.05) is 0 Å². The number of anilines is 1. The maximum absolute atomic E-state index is 13.0. The van der Waals surface area contributed by atoms with Crippen LogP contribution in [0.5, 0.6) is 23.0 Å². The maximum Gasteiger partial charge on any atom is 0.325 e. The second-order valence-electron chi connectivity index (χ2n) is 9.02. The predicted molar refractivity (Wildman–Crippen MR) is 133 cm³/mol. The van der Waals surface area contributed by atoms with E-state index in [0.717, 1.165) is 42.4 Å². The first-order chi connectivity index (χ1) is 17.6. The first kappa shape index (κ1) is 24.1. The van der Waals surface area contributed by atoms with E-state index in [0.29, 0.717) is 50.9 Å². The Kier molecular flexibility index (Phi) is 7.04. The van der Waals surface area contributed by atoms with Gasteiger partial charge < -0.3 is 28.7 Å². The number of nitrogens with zero attached hydrogens (tertiary/aromatic N) is 4. The van der Waals surface area contributed by atoms with Crippen molar-refractivity contribution in [3.8, 4) is 23.0 Å². The van der Waals surface area contributed by atoms with Gasteiger partial charge >= 0.3 is 6.03 Å². The number of hydrogen-bond donors (Lipinski definition) is 0. The molecule has 5 rings (SSSR count). The SMILES string of the molecule is COc1ccc(OC)c(CN2CCN(C(=O)CN3CCN(c4ccc5c(c4)OCCO5)C3=O)CC2)c1. The van der Waals surface area contributed by atoms with Crippen molar-refractivity contribution >= 4 is 17.6 Å². The molecule has 10 nitrogen and oxygen atoms in total. The molecule has 192 valence electrons. The van der Waals surface area contributed by atoms with Gasteiger partial charge in [-0.3, -0.25) is 14.6 Å². The van der Waals surface area contributed by atoms with Crippen LogP contribution in [-0.4, -0.2) is 99.9 Å². The van der Waals surface area contributed by atoms with E-state index in [-0.39, 0.29) is 18.5 Å². The third kappa shape index (κ3) is 4.99. The molecule has 36 heavy (non-hydrogen) atoms. The highest BCUT2D eigenvalue weighted by Gasteiger charge is 2.33. The van der Waals surface area contributed by atoms with Crippen LogP contribution in [0.15, 0.2) is 36.4 Å². The minimum atomic E-state index is -0.163. The summed E-state index contributed by atoms with van der Waals surface area (Å²) in [5.74, 6) is 2.92. The van der Waals surface area contributed by atoms with Gasteiger partial charge in [-0.25, -0.2) is 4.79 Å². The highest BCUT2D eigenvalue weighted by Crippen LogP contribution is 2.35. The molecular formula is C26H32N4O6. The first-order valence-corrected chi connectivity index (χ1v) is 12.2. The fourth-order valence-corrected chi connectivity index (χ4v) is 4.83. The lowest BCUT2D eigenvalue weighted by Crippen LogP contribution is -2.51. The molecule has 0 aliphatic carbocycles. The van der Waals surface area contributed by atoms with E-state index in [1.807, 2.05) is 41.3 Å². The van der Waals surface area contributed by atoms with Crippen molar-refractivity contribution in [1.29, 1.82) is 0 Å². The Morgan fingerprint density at radius 2 is 1.67 bits per heavy atom. The topological polar surface area (TPSA) is 84.0 Å². The lowest BCUT2D eigenvalue weighted by Gasteiger charge is -2.35. The van der Waals surface area contributed by atoms with E-state index < -0.39 is 0 Å². The summed E-state index contributed by atoms with van der Waals surface area (Å²) in [6.45, 7) is 5.61. The van der Waals surface area contributed by atoms with Crippen LogP contribution in [0, 0.1) is 0 Å². The van der Waals surface area contributed by atoms with Crippen molar-refractivity contribution in [2.24, 2.45) is 0 Å². The number of fused-ring (bicyclic) bond motifs is 1. The molecule has 2 aromatic carbocycles. The summed E-state index contributed by atoms with van der Waals surface area (Å²) in [5.41, 5.74) is 1.80. The average molecular weight is 497 g/mol. The summed E-state index contributed by atoms with van der Waals surface area (Å²) in [6.07, 6.45) is 0. The fraction of sp³-hybridized carbons (Fsp3) is 0.462. The number of hydrogen-bond acceptors (Lipinski definition) is 7. The van der Waals surface area contributed by atoms with Crippen LogP contribution in [0.2, 0.25) is 0 Å². The average Bonchev–Trinajstić information content (AvgIpc) is 3.28. The van der Waals surface area contributed by atoms with Gasteiger partial charge in [0.25, 0.3) is 0 Å². The molecule has 3 aliphatic heterocycles. The van der Waals surface area contributed by atoms with E-state index in [4.69, 9.17) is 18.9 Å². The van der Waals surface area contributed by atoms with Gasteiger partial charge in [0.05, 0.1) is 14.2 Å². The molecule has 2 aromatic rings. The third-order valence-electron chi connectivity index (χ3n) is 6.87. The zero-order valence-corrected chi connectivity index (χ0v) is 20.8. The standard InChI is InChI=1S/C26H32N4O6/c1-33-21-4-6-22(34-2)19(15-21)17-27-7-9-28(10-8-27)25(31)18-29-11-12-30(26(29)32)20-3-5-23-24(16-20)36-14-13-35-23/h3-6,15-16H,7-14,17-18H2,1-2H3. The van der Waals surface area contributed by atoms with E-state index >= 15 is 0 Å². The first-order valence-electron chi connectivity index (χ1n) is 12.2. The maximum atomic E-state index is 13.0. The molecule has 0 radical (unpaired) electrons. The van der Waals surface area contributed by atoms with Crippen LogP contribution in [0.3, 0.4) is 0 Å². The molecule has 10 heteroatoms. The van der Waals surface area contributed by atoms with Crippen LogP contribution in [0.1, 0.15) is 5.56 Å². The van der Waals surface area contributed by atoms with Gasteiger partial charge in [0.2, 0.25) is 5.91 Å². The number of ether oxygens (including phenoxy) is 4. The number of piperazine rings is 1. The molecular weight excluding hydrogens is 464 g/mol. The lowest BCUT2D eigenvalue weighted by atomic mass is 10.1. The van der Waals surface area contributed by atoms with Crippen molar-refractivity contribution in [3.63, 3.8) is 0 Å². The van der Waals surface area contributed by atoms with Crippen molar-refractivity contribution in [2.45, 2.75) is 6.54 Å². The monoisotopic (exact) mass is 496 g/mol. The van der Waals surface area contributed by atoms with Crippen LogP contribution in [0.4, 0.5) is 10.5 Å². The van der Waals surface area contributed by atoms with Gasteiger partial charge in [0.1, 0.15) is 31.3 Å². The number of rotatable bonds is 7. The molecule has 2 saturated heterocycles. The highest BCUT2D eigenvalue weighted by atomic mass is 16.6. The Hall–Kier alpha value is -3.66. The molecule has 3 heterocycles. The van der Waals surface area contributed by atoms with Crippen LogP contribution >= 0.6 is 0 Å². The fourth-order valence-electron chi connectivity index (χ4n) is 4.83. The van der Waals surface area contributed by atoms with Gasteiger partial charge in [-0.05, 0) is 30.3 Å². The smallest absolute Gasteiger partial charge is 0.325 e. The van der Waals surface area contributed by atoms with E-state index in [2.05, 4.69) is 4.90 Å². The summed E-state index contributed by atoms with van der Waals surface area (Å²) in [5, 5.41) is 0. The van der Waals surface area contributed by atoms with E-state index in [9.17, 15) is 9.59 Å². The van der Waals surface area contributed by atoms with Crippen LogP contribution in [-0.2, 0) is 11.3 Å².